The summed E-state index contributed by atoms with van der Waals surface area (Å²) in [6.45, 7) is 0.225. The highest BCUT2D eigenvalue weighted by molar-refractivity contribution is 7.89. The van der Waals surface area contributed by atoms with E-state index in [-0.39, 0.29) is 53.5 Å². The first-order valence-corrected chi connectivity index (χ1v) is 10.7. The van der Waals surface area contributed by atoms with Crippen LogP contribution in [-0.4, -0.2) is 54.8 Å². The third-order valence-electron chi connectivity index (χ3n) is 4.20. The van der Waals surface area contributed by atoms with Crippen molar-refractivity contribution in [2.75, 3.05) is 31.1 Å². The van der Waals surface area contributed by atoms with Crippen LogP contribution in [0.2, 0.25) is 0 Å². The monoisotopic (exact) mass is 407 g/mol. The predicted octanol–water partition coefficient (Wildman–Crippen LogP) is 0.329. The summed E-state index contributed by atoms with van der Waals surface area (Å²) in [6, 6.07) is 9.19. The third kappa shape index (κ3) is 4.90. The molecular weight excluding hydrogens is 388 g/mol. The fraction of sp³-hybridized carbons (Fsp3) is 0.353. The Bertz CT molecular complexity index is 927. The van der Waals surface area contributed by atoms with Crippen LogP contribution in [0.15, 0.2) is 30.3 Å². The average molecular weight is 407 g/mol. The first-order chi connectivity index (χ1) is 12.8. The van der Waals surface area contributed by atoms with E-state index in [4.69, 9.17) is 5.73 Å². The molecule has 1 aromatic carbocycles. The van der Waals surface area contributed by atoms with Crippen molar-refractivity contribution in [2.45, 2.75) is 6.42 Å². The van der Waals surface area contributed by atoms with Gasteiger partial charge in [-0.15, -0.1) is 0 Å². The van der Waals surface area contributed by atoms with Crippen LogP contribution in [-0.2, 0) is 21.2 Å². The molecule has 0 saturated carbocycles. The number of nitrogens with zero attached hydrogens (tertiary/aromatic N) is 2. The van der Waals surface area contributed by atoms with Crippen molar-refractivity contribution in [3.63, 3.8) is 0 Å². The Morgan fingerprint density at radius 2 is 2.11 bits per heavy atom. The smallest absolute Gasteiger partial charge is 0.235 e. The first kappa shape index (κ1) is 19.5. The number of benzene rings is 1. The molecule has 1 aromatic heterocycles. The van der Waals surface area contributed by atoms with Gasteiger partial charge >= 0.3 is 0 Å². The standard InChI is InChI=1S/C17H19N4O4S2/c18-17-20-9-14(26-17)16(23)13(8-12-4-2-1-3-5-12)11-27(24,25)21-7-6-19-15(22)10-21/h1-5,13H,6-8,10-11H2,(H2,18,20)(H,19,22)/t13-/m0/s1. The molecule has 1 saturated heterocycles. The summed E-state index contributed by atoms with van der Waals surface area (Å²) in [7, 11) is -3.79. The molecule has 0 aliphatic carbocycles. The van der Waals surface area contributed by atoms with Crippen LogP contribution in [0.3, 0.4) is 0 Å². The van der Waals surface area contributed by atoms with Crippen molar-refractivity contribution in [3.05, 3.63) is 47.0 Å². The minimum atomic E-state index is -3.79. The van der Waals surface area contributed by atoms with E-state index < -0.39 is 15.9 Å². The van der Waals surface area contributed by atoms with E-state index in [0.29, 0.717) is 0 Å². The first-order valence-electron chi connectivity index (χ1n) is 8.32. The number of hydrogen-bond acceptors (Lipinski definition) is 7. The number of Topliss-reactive ketones (excluding diaryl/α,β-unsaturated/α-hetero) is 1. The minimum Gasteiger partial charge on any atom is -0.375 e. The van der Waals surface area contributed by atoms with Crippen molar-refractivity contribution in [1.29, 1.82) is 0 Å². The molecule has 1 aliphatic rings. The lowest BCUT2D eigenvalue weighted by Crippen LogP contribution is -2.51. The van der Waals surface area contributed by atoms with E-state index in [1.54, 1.807) is 0 Å². The summed E-state index contributed by atoms with van der Waals surface area (Å²) in [6.07, 6.45) is 2.82. The van der Waals surface area contributed by atoms with Crippen LogP contribution in [0.1, 0.15) is 15.2 Å². The zero-order valence-electron chi connectivity index (χ0n) is 14.4. The van der Waals surface area contributed by atoms with Crippen molar-refractivity contribution in [3.8, 4) is 0 Å². The number of anilines is 1. The van der Waals surface area contributed by atoms with Crippen molar-refractivity contribution in [1.82, 2.24) is 14.6 Å². The zero-order chi connectivity index (χ0) is 19.4. The van der Waals surface area contributed by atoms with E-state index >= 15 is 0 Å². The molecular formula is C17H19N4O4S2. The Morgan fingerprint density at radius 1 is 1.37 bits per heavy atom. The number of ketones is 1. The third-order valence-corrected chi connectivity index (χ3v) is 6.92. The molecule has 27 heavy (non-hydrogen) atoms. The average Bonchev–Trinajstić information content (AvgIpc) is 3.08. The second kappa shape index (κ2) is 8.15. The highest BCUT2D eigenvalue weighted by atomic mass is 32.2. The molecule has 8 nitrogen and oxygen atoms in total. The molecule has 1 aliphatic heterocycles. The molecule has 3 N–H and O–H groups in total. The second-order valence-corrected chi connectivity index (χ2v) is 9.25. The Labute approximate surface area is 161 Å². The van der Waals surface area contributed by atoms with E-state index in [1.807, 2.05) is 30.3 Å². The van der Waals surface area contributed by atoms with Gasteiger partial charge in [-0.1, -0.05) is 41.7 Å². The number of carbonyl (C=O) groups is 2. The van der Waals surface area contributed by atoms with Gasteiger partial charge in [0.25, 0.3) is 0 Å². The van der Waals surface area contributed by atoms with Crippen LogP contribution in [0.4, 0.5) is 5.13 Å². The Kier molecular flexibility index (Phi) is 5.88. The fourth-order valence-corrected chi connectivity index (χ4v) is 5.22. The lowest BCUT2D eigenvalue weighted by atomic mass is 9.96. The number of carbonyl (C=O) groups excluding carboxylic acids is 2. The molecule has 1 amide bonds. The van der Waals surface area contributed by atoms with Gasteiger partial charge in [0.15, 0.2) is 10.9 Å². The molecule has 143 valence electrons. The summed E-state index contributed by atoms with van der Waals surface area (Å²) in [5.41, 5.74) is 6.43. The summed E-state index contributed by atoms with van der Waals surface area (Å²) < 4.78 is 26.8. The van der Waals surface area contributed by atoms with Gasteiger partial charge in [-0.3, -0.25) is 9.59 Å². The number of nitrogens with one attached hydrogen (secondary N) is 1. The summed E-state index contributed by atoms with van der Waals surface area (Å²) in [4.78, 5) is 28.4. The minimum absolute atomic E-state index is 0.194. The number of thiazole rings is 1. The molecule has 2 heterocycles. The Morgan fingerprint density at radius 3 is 2.74 bits per heavy atom. The largest absolute Gasteiger partial charge is 0.375 e. The Balaban J connectivity index is 1.84. The number of piperazine rings is 1. The van der Waals surface area contributed by atoms with Gasteiger partial charge in [0, 0.05) is 19.0 Å². The Hall–Kier alpha value is -2.30. The highest BCUT2D eigenvalue weighted by Crippen LogP contribution is 2.23. The molecule has 1 atom stereocenters. The molecule has 0 spiro atoms. The maximum absolute atomic E-state index is 12.9. The summed E-state index contributed by atoms with van der Waals surface area (Å²) in [5, 5.41) is 2.79. The van der Waals surface area contributed by atoms with Crippen LogP contribution < -0.4 is 11.1 Å². The molecule has 1 fully saturated rings. The number of rotatable bonds is 7. The fourth-order valence-electron chi connectivity index (χ4n) is 2.89. The summed E-state index contributed by atoms with van der Waals surface area (Å²) in [5.74, 6) is -1.92. The normalized spacial score (nSPS) is 16.7. The lowest BCUT2D eigenvalue weighted by Gasteiger charge is -2.27. The van der Waals surface area contributed by atoms with E-state index in [0.717, 1.165) is 21.2 Å². The van der Waals surface area contributed by atoms with E-state index in [1.165, 1.54) is 0 Å². The molecule has 3 rings (SSSR count). The lowest BCUT2D eigenvalue weighted by molar-refractivity contribution is -0.122. The van der Waals surface area contributed by atoms with Crippen LogP contribution in [0, 0.1) is 12.1 Å². The maximum atomic E-state index is 12.9. The van der Waals surface area contributed by atoms with Gasteiger partial charge in [-0.25, -0.2) is 13.4 Å². The number of aromatic nitrogens is 1. The summed E-state index contributed by atoms with van der Waals surface area (Å²) >= 11 is 0.986. The van der Waals surface area contributed by atoms with Gasteiger partial charge in [-0.05, 0) is 12.0 Å². The number of amides is 1. The van der Waals surface area contributed by atoms with E-state index in [2.05, 4.69) is 16.5 Å². The molecule has 0 bridgehead atoms. The number of nitrogen functional groups attached to an aromatic ring is 1. The van der Waals surface area contributed by atoms with Gasteiger partial charge in [-0.2, -0.15) is 4.31 Å². The van der Waals surface area contributed by atoms with E-state index in [9.17, 15) is 18.0 Å². The zero-order valence-corrected chi connectivity index (χ0v) is 16.1. The van der Waals surface area contributed by atoms with Crippen molar-refractivity contribution >= 4 is 38.2 Å². The highest BCUT2D eigenvalue weighted by Gasteiger charge is 2.33. The van der Waals surface area contributed by atoms with Gasteiger partial charge in [0.05, 0.1) is 12.3 Å². The van der Waals surface area contributed by atoms with Gasteiger partial charge in [0.2, 0.25) is 15.9 Å². The molecule has 1 radical (unpaired) electrons. The molecule has 0 unspecified atom stereocenters. The molecule has 2 aromatic rings. The van der Waals surface area contributed by atoms with Crippen molar-refractivity contribution in [2.24, 2.45) is 5.92 Å². The van der Waals surface area contributed by atoms with Crippen LogP contribution in [0.5, 0.6) is 0 Å². The second-order valence-electron chi connectivity index (χ2n) is 6.21. The van der Waals surface area contributed by atoms with Gasteiger partial charge in [0.1, 0.15) is 11.1 Å². The van der Waals surface area contributed by atoms with Crippen molar-refractivity contribution < 1.29 is 18.0 Å². The quantitative estimate of drug-likeness (QED) is 0.638. The van der Waals surface area contributed by atoms with Crippen LogP contribution >= 0.6 is 11.3 Å². The number of sulfonamides is 1. The molecule has 10 heteroatoms. The number of hydrogen-bond donors (Lipinski definition) is 2. The topological polar surface area (TPSA) is 122 Å². The predicted molar refractivity (Wildman–Crippen MR) is 102 cm³/mol. The number of nitrogens with two attached hydrogens (primary N) is 1. The maximum Gasteiger partial charge on any atom is 0.235 e. The van der Waals surface area contributed by atoms with Crippen LogP contribution in [0.25, 0.3) is 0 Å². The van der Waals surface area contributed by atoms with Gasteiger partial charge < -0.3 is 11.1 Å². The SMILES string of the molecule is Nc1n[c]c(C(=O)[C@@H](Cc2ccccc2)CS(=O)(=O)N2CCNC(=O)C2)s1.